The molecule has 1 fully saturated rings. The molecule has 2 aliphatic rings. The van der Waals surface area contributed by atoms with Gasteiger partial charge in [0.05, 0.1) is 0 Å². The molecule has 0 amide bonds. The molecule has 1 unspecified atom stereocenters. The van der Waals surface area contributed by atoms with Crippen LogP contribution in [0.25, 0.3) is 0 Å². The molecule has 0 spiro atoms. The van der Waals surface area contributed by atoms with E-state index in [4.69, 9.17) is 0 Å². The van der Waals surface area contributed by atoms with Crippen LogP contribution in [0.4, 0.5) is 0 Å². The van der Waals surface area contributed by atoms with Gasteiger partial charge in [0, 0.05) is 4.90 Å². The molecule has 91 valence electrons. The highest BCUT2D eigenvalue weighted by atomic mass is 32.2. The van der Waals surface area contributed by atoms with Crippen molar-refractivity contribution in [1.82, 2.24) is 0 Å². The van der Waals surface area contributed by atoms with Gasteiger partial charge in [-0.05, 0) is 60.0 Å². The van der Waals surface area contributed by atoms with Crippen molar-refractivity contribution in [2.24, 2.45) is 0 Å². The van der Waals surface area contributed by atoms with Crippen molar-refractivity contribution in [1.29, 1.82) is 0 Å². The highest BCUT2D eigenvalue weighted by Gasteiger charge is 2.29. The zero-order valence-corrected chi connectivity index (χ0v) is 11.6. The van der Waals surface area contributed by atoms with E-state index in [1.54, 1.807) is 11.1 Å². The molecule has 3 rings (SSSR count). The molecule has 1 aliphatic heterocycles. The van der Waals surface area contributed by atoms with Crippen molar-refractivity contribution >= 4 is 11.8 Å². The Kier molecular flexibility index (Phi) is 2.98. The molecular weight excluding hydrogens is 224 g/mol. The van der Waals surface area contributed by atoms with E-state index in [-0.39, 0.29) is 0 Å². The lowest BCUT2D eigenvalue weighted by atomic mass is 9.80. The van der Waals surface area contributed by atoms with Crippen LogP contribution in [0.15, 0.2) is 23.1 Å². The maximum absolute atomic E-state index is 2.50. The van der Waals surface area contributed by atoms with Gasteiger partial charge in [-0.2, -0.15) is 0 Å². The summed E-state index contributed by atoms with van der Waals surface area (Å²) >= 11 is 2.03. The van der Waals surface area contributed by atoms with Crippen LogP contribution in [-0.2, 0) is 5.41 Å². The summed E-state index contributed by atoms with van der Waals surface area (Å²) in [7, 11) is 0. The summed E-state index contributed by atoms with van der Waals surface area (Å²) in [4.78, 5) is 1.52. The van der Waals surface area contributed by atoms with Crippen molar-refractivity contribution in [2.75, 3.05) is 5.75 Å². The fraction of sp³-hybridized carbons (Fsp3) is 0.562. The Labute approximate surface area is 109 Å². The third-order valence-corrected chi connectivity index (χ3v) is 5.39. The predicted molar refractivity (Wildman–Crippen MR) is 75.7 cm³/mol. The van der Waals surface area contributed by atoms with E-state index in [0.29, 0.717) is 5.41 Å². The molecule has 1 heteroatoms. The Morgan fingerprint density at radius 2 is 2.18 bits per heavy atom. The van der Waals surface area contributed by atoms with Crippen LogP contribution in [0.5, 0.6) is 0 Å². The van der Waals surface area contributed by atoms with Crippen molar-refractivity contribution in [3.8, 4) is 0 Å². The van der Waals surface area contributed by atoms with Crippen molar-refractivity contribution in [2.45, 2.75) is 55.8 Å². The van der Waals surface area contributed by atoms with Gasteiger partial charge in [-0.15, -0.1) is 11.8 Å². The van der Waals surface area contributed by atoms with E-state index in [1.807, 2.05) is 11.8 Å². The van der Waals surface area contributed by atoms with Crippen LogP contribution in [0.1, 0.15) is 56.6 Å². The lowest BCUT2D eigenvalue weighted by Gasteiger charge is -2.32. The SMILES string of the molecule is CC1(C)CCSc2ccc(C3[CH]CCC3)cc21. The fourth-order valence-electron chi connectivity index (χ4n) is 3.06. The lowest BCUT2D eigenvalue weighted by molar-refractivity contribution is 0.493. The van der Waals surface area contributed by atoms with E-state index in [1.165, 1.54) is 36.3 Å². The van der Waals surface area contributed by atoms with Gasteiger partial charge in [0.2, 0.25) is 0 Å². The lowest BCUT2D eigenvalue weighted by Crippen LogP contribution is -2.23. The minimum Gasteiger partial charge on any atom is -0.126 e. The molecular formula is C16H21S. The van der Waals surface area contributed by atoms with E-state index in [9.17, 15) is 0 Å². The summed E-state index contributed by atoms with van der Waals surface area (Å²) in [6.45, 7) is 4.79. The molecule has 0 nitrogen and oxygen atoms in total. The van der Waals surface area contributed by atoms with Gasteiger partial charge in [0.25, 0.3) is 0 Å². The molecule has 1 heterocycles. The monoisotopic (exact) mass is 245 g/mol. The largest absolute Gasteiger partial charge is 0.126 e. The number of thioether (sulfide) groups is 1. The molecule has 0 aromatic heterocycles. The van der Waals surface area contributed by atoms with E-state index in [2.05, 4.69) is 38.5 Å². The summed E-state index contributed by atoms with van der Waals surface area (Å²) in [6, 6.07) is 7.22. The molecule has 17 heavy (non-hydrogen) atoms. The summed E-state index contributed by atoms with van der Waals surface area (Å²) in [5, 5.41) is 0. The Bertz CT molecular complexity index is 414. The van der Waals surface area contributed by atoms with Crippen LogP contribution in [0.3, 0.4) is 0 Å². The first kappa shape index (κ1) is 11.6. The first-order valence-electron chi connectivity index (χ1n) is 6.77. The topological polar surface area (TPSA) is 0 Å². The van der Waals surface area contributed by atoms with Crippen molar-refractivity contribution < 1.29 is 0 Å². The molecule has 1 saturated carbocycles. The third kappa shape index (κ3) is 2.14. The number of hydrogen-bond acceptors (Lipinski definition) is 1. The second kappa shape index (κ2) is 4.35. The van der Waals surface area contributed by atoms with Crippen LogP contribution < -0.4 is 0 Å². The zero-order chi connectivity index (χ0) is 11.9. The van der Waals surface area contributed by atoms with E-state index in [0.717, 1.165) is 5.92 Å². The van der Waals surface area contributed by atoms with Crippen molar-refractivity contribution in [3.63, 3.8) is 0 Å². The van der Waals surface area contributed by atoms with Gasteiger partial charge in [-0.25, -0.2) is 0 Å². The summed E-state index contributed by atoms with van der Waals surface area (Å²) in [6.07, 6.45) is 7.85. The van der Waals surface area contributed by atoms with Crippen LogP contribution in [0.2, 0.25) is 0 Å². The van der Waals surface area contributed by atoms with Gasteiger partial charge in [-0.3, -0.25) is 0 Å². The van der Waals surface area contributed by atoms with Crippen LogP contribution in [0, 0.1) is 6.42 Å². The molecule has 1 radical (unpaired) electrons. The maximum Gasteiger partial charge on any atom is 0.0110 e. The molecule has 1 aliphatic carbocycles. The summed E-state index contributed by atoms with van der Waals surface area (Å²) in [5.41, 5.74) is 3.51. The standard InChI is InChI=1S/C16H21S/c1-16(2)9-10-17-15-8-7-13(11-14(15)16)12-5-3-4-6-12/h5,7-8,11-12H,3-4,6,9-10H2,1-2H3. The Balaban J connectivity index is 1.98. The third-order valence-electron chi connectivity index (χ3n) is 4.32. The zero-order valence-electron chi connectivity index (χ0n) is 10.8. The second-order valence-electron chi connectivity index (χ2n) is 6.01. The van der Waals surface area contributed by atoms with Gasteiger partial charge in [0.1, 0.15) is 0 Å². The summed E-state index contributed by atoms with van der Waals surface area (Å²) in [5.74, 6) is 2.00. The van der Waals surface area contributed by atoms with Gasteiger partial charge in [0.15, 0.2) is 0 Å². The smallest absolute Gasteiger partial charge is 0.0110 e. The Morgan fingerprint density at radius 3 is 2.94 bits per heavy atom. The highest BCUT2D eigenvalue weighted by molar-refractivity contribution is 7.99. The van der Waals surface area contributed by atoms with Gasteiger partial charge < -0.3 is 0 Å². The number of rotatable bonds is 1. The first-order valence-corrected chi connectivity index (χ1v) is 7.76. The van der Waals surface area contributed by atoms with Gasteiger partial charge >= 0.3 is 0 Å². The highest BCUT2D eigenvalue weighted by Crippen LogP contribution is 2.43. The second-order valence-corrected chi connectivity index (χ2v) is 7.15. The number of hydrogen-bond donors (Lipinski definition) is 0. The molecule has 0 bridgehead atoms. The quantitative estimate of drug-likeness (QED) is 0.676. The van der Waals surface area contributed by atoms with Gasteiger partial charge in [-0.1, -0.05) is 32.4 Å². The Hall–Kier alpha value is -0.430. The first-order chi connectivity index (χ1) is 8.17. The van der Waals surface area contributed by atoms with E-state index >= 15 is 0 Å². The average Bonchev–Trinajstić information content (AvgIpc) is 2.82. The van der Waals surface area contributed by atoms with E-state index < -0.39 is 0 Å². The normalized spacial score (nSPS) is 23.6. The molecule has 1 aromatic carbocycles. The number of fused-ring (bicyclic) bond motifs is 1. The molecule has 1 atom stereocenters. The average molecular weight is 245 g/mol. The number of benzene rings is 1. The predicted octanol–water partition coefficient (Wildman–Crippen LogP) is 4.93. The minimum absolute atomic E-state index is 0.370. The van der Waals surface area contributed by atoms with Crippen molar-refractivity contribution in [3.05, 3.63) is 35.7 Å². The van der Waals surface area contributed by atoms with Crippen LogP contribution >= 0.6 is 11.8 Å². The molecule has 0 saturated heterocycles. The molecule has 1 aromatic rings. The maximum atomic E-state index is 2.50. The fourth-order valence-corrected chi connectivity index (χ4v) is 4.55. The molecule has 0 N–H and O–H groups in total. The van der Waals surface area contributed by atoms with Crippen LogP contribution in [-0.4, -0.2) is 5.75 Å². The summed E-state index contributed by atoms with van der Waals surface area (Å²) < 4.78 is 0. The Morgan fingerprint density at radius 1 is 1.29 bits per heavy atom. The minimum atomic E-state index is 0.370.